The molecule has 0 bridgehead atoms. The van der Waals surface area contributed by atoms with Crippen molar-refractivity contribution < 1.29 is 18.0 Å². The van der Waals surface area contributed by atoms with E-state index in [0.29, 0.717) is 18.5 Å². The number of benzene rings is 4. The molecule has 0 saturated carbocycles. The van der Waals surface area contributed by atoms with Crippen LogP contribution in [0.3, 0.4) is 0 Å². The number of amides is 1. The van der Waals surface area contributed by atoms with E-state index < -0.39 is 17.7 Å². The molecule has 5 aromatic rings. The number of hydrogen-bond acceptors (Lipinski definition) is 1. The first-order valence-corrected chi connectivity index (χ1v) is 13.4. The number of alkyl halides is 3. The quantitative estimate of drug-likeness (QED) is 0.202. The standard InChI is InChI=1S/C34H31F3N2O/c1-39-23-31(29-17-8-9-18-32(29)39)30(26-15-10-16-27(21-26)34(35,36)37)22-33(40)38-20-19-28(24-11-4-2-5-12-24)25-13-6-3-7-14-25/h2-18,21,23,28,30H,19-20,22H2,1H3,(H,38,40)/t30-/m1/s1. The third kappa shape index (κ3) is 6.12. The maximum atomic E-state index is 13.6. The fourth-order valence-electron chi connectivity index (χ4n) is 5.50. The van der Waals surface area contributed by atoms with E-state index in [9.17, 15) is 18.0 Å². The van der Waals surface area contributed by atoms with Crippen molar-refractivity contribution in [1.29, 1.82) is 0 Å². The number of carbonyl (C=O) groups is 1. The van der Waals surface area contributed by atoms with Crippen molar-refractivity contribution in [2.24, 2.45) is 7.05 Å². The van der Waals surface area contributed by atoms with Gasteiger partial charge in [-0.05, 0) is 40.8 Å². The molecular formula is C34H31F3N2O. The van der Waals surface area contributed by atoms with Crippen LogP contribution in [0.2, 0.25) is 0 Å². The Hall–Kier alpha value is -4.32. The molecule has 40 heavy (non-hydrogen) atoms. The smallest absolute Gasteiger partial charge is 0.356 e. The van der Waals surface area contributed by atoms with Crippen molar-refractivity contribution in [3.63, 3.8) is 0 Å². The molecule has 0 aliphatic heterocycles. The fourth-order valence-corrected chi connectivity index (χ4v) is 5.50. The topological polar surface area (TPSA) is 34.0 Å². The predicted octanol–water partition coefficient (Wildman–Crippen LogP) is 8.06. The highest BCUT2D eigenvalue weighted by Gasteiger charge is 2.32. The van der Waals surface area contributed by atoms with E-state index in [1.165, 1.54) is 23.3 Å². The molecule has 1 heterocycles. The summed E-state index contributed by atoms with van der Waals surface area (Å²) in [7, 11) is 1.91. The lowest BCUT2D eigenvalue weighted by Gasteiger charge is -2.20. The summed E-state index contributed by atoms with van der Waals surface area (Å²) in [4.78, 5) is 13.3. The lowest BCUT2D eigenvalue weighted by Crippen LogP contribution is -2.27. The molecule has 0 radical (unpaired) electrons. The van der Waals surface area contributed by atoms with Gasteiger partial charge in [-0.3, -0.25) is 4.79 Å². The normalized spacial score (nSPS) is 12.5. The van der Waals surface area contributed by atoms with E-state index in [-0.39, 0.29) is 18.2 Å². The van der Waals surface area contributed by atoms with Gasteiger partial charge in [-0.1, -0.05) is 97.1 Å². The Balaban J connectivity index is 1.39. The zero-order valence-electron chi connectivity index (χ0n) is 22.2. The molecule has 1 aromatic heterocycles. The van der Waals surface area contributed by atoms with Gasteiger partial charge in [0.05, 0.1) is 5.56 Å². The number of para-hydroxylation sites is 1. The summed E-state index contributed by atoms with van der Waals surface area (Å²) < 4.78 is 42.7. The molecule has 1 N–H and O–H groups in total. The monoisotopic (exact) mass is 540 g/mol. The molecule has 0 saturated heterocycles. The Morgan fingerprint density at radius 2 is 1.38 bits per heavy atom. The second kappa shape index (κ2) is 11.8. The Labute approximate surface area is 232 Å². The van der Waals surface area contributed by atoms with Crippen LogP contribution in [0, 0.1) is 0 Å². The van der Waals surface area contributed by atoms with Crippen molar-refractivity contribution in [3.05, 3.63) is 143 Å². The zero-order chi connectivity index (χ0) is 28.1. The van der Waals surface area contributed by atoms with Gasteiger partial charge in [0.25, 0.3) is 0 Å². The van der Waals surface area contributed by atoms with Crippen molar-refractivity contribution in [1.82, 2.24) is 9.88 Å². The minimum atomic E-state index is -4.47. The van der Waals surface area contributed by atoms with Crippen molar-refractivity contribution in [2.75, 3.05) is 6.54 Å². The molecule has 1 atom stereocenters. The van der Waals surface area contributed by atoms with Crippen LogP contribution in [0.1, 0.15) is 52.5 Å². The molecular weight excluding hydrogens is 509 g/mol. The van der Waals surface area contributed by atoms with Crippen LogP contribution in [0.25, 0.3) is 10.9 Å². The molecule has 204 valence electrons. The fraction of sp³-hybridized carbons (Fsp3) is 0.206. The molecule has 4 aromatic carbocycles. The summed E-state index contributed by atoms with van der Waals surface area (Å²) in [5.74, 6) is -0.623. The van der Waals surface area contributed by atoms with Gasteiger partial charge in [-0.25, -0.2) is 0 Å². The van der Waals surface area contributed by atoms with Crippen molar-refractivity contribution in [3.8, 4) is 0 Å². The lowest BCUT2D eigenvalue weighted by molar-refractivity contribution is -0.137. The summed E-state index contributed by atoms with van der Waals surface area (Å²) in [6, 6.07) is 33.4. The third-order valence-corrected chi connectivity index (χ3v) is 7.47. The maximum Gasteiger partial charge on any atom is 0.416 e. The minimum absolute atomic E-state index is 0.0384. The van der Waals surface area contributed by atoms with E-state index >= 15 is 0 Å². The van der Waals surface area contributed by atoms with E-state index in [2.05, 4.69) is 29.6 Å². The highest BCUT2D eigenvalue weighted by atomic mass is 19.4. The molecule has 6 heteroatoms. The van der Waals surface area contributed by atoms with Gasteiger partial charge >= 0.3 is 6.18 Å². The molecule has 3 nitrogen and oxygen atoms in total. The molecule has 0 aliphatic rings. The molecule has 0 fully saturated rings. The Kier molecular flexibility index (Phi) is 8.06. The van der Waals surface area contributed by atoms with Crippen LogP contribution >= 0.6 is 0 Å². The van der Waals surface area contributed by atoms with Gasteiger partial charge in [0.1, 0.15) is 0 Å². The van der Waals surface area contributed by atoms with Gasteiger partial charge in [-0.2, -0.15) is 13.2 Å². The van der Waals surface area contributed by atoms with E-state index in [4.69, 9.17) is 0 Å². The number of aryl methyl sites for hydroxylation is 1. The summed E-state index contributed by atoms with van der Waals surface area (Å²) in [5.41, 5.74) is 3.88. The van der Waals surface area contributed by atoms with Crippen LogP contribution in [-0.4, -0.2) is 17.0 Å². The van der Waals surface area contributed by atoms with Crippen LogP contribution in [-0.2, 0) is 18.0 Å². The molecule has 0 aliphatic carbocycles. The first-order chi connectivity index (χ1) is 19.3. The van der Waals surface area contributed by atoms with Gasteiger partial charge in [0.2, 0.25) is 5.91 Å². The van der Waals surface area contributed by atoms with Crippen molar-refractivity contribution in [2.45, 2.75) is 30.9 Å². The van der Waals surface area contributed by atoms with Gasteiger partial charge in [0.15, 0.2) is 0 Å². The Bertz CT molecular complexity index is 1540. The summed E-state index contributed by atoms with van der Waals surface area (Å²) >= 11 is 0. The van der Waals surface area contributed by atoms with Gasteiger partial charge in [0, 0.05) is 48.9 Å². The number of hydrogen-bond donors (Lipinski definition) is 1. The Morgan fingerprint density at radius 1 is 0.775 bits per heavy atom. The molecule has 5 rings (SSSR count). The summed E-state index contributed by atoms with van der Waals surface area (Å²) in [5, 5.41) is 3.98. The average Bonchev–Trinajstić information content (AvgIpc) is 3.30. The number of fused-ring (bicyclic) bond motifs is 1. The zero-order valence-corrected chi connectivity index (χ0v) is 22.2. The number of carbonyl (C=O) groups excluding carboxylic acids is 1. The van der Waals surface area contributed by atoms with E-state index in [1.807, 2.05) is 78.5 Å². The number of nitrogens with zero attached hydrogens (tertiary/aromatic N) is 1. The SMILES string of the molecule is Cn1cc([C@H](CC(=O)NCCC(c2ccccc2)c2ccccc2)c2cccc(C(F)(F)F)c2)c2ccccc21. The number of halogens is 3. The van der Waals surface area contributed by atoms with Crippen LogP contribution in [0.15, 0.2) is 115 Å². The largest absolute Gasteiger partial charge is 0.416 e. The molecule has 0 unspecified atom stereocenters. The lowest BCUT2D eigenvalue weighted by atomic mass is 9.87. The average molecular weight is 541 g/mol. The Morgan fingerprint density at radius 3 is 2.02 bits per heavy atom. The number of rotatable bonds is 9. The maximum absolute atomic E-state index is 13.6. The summed E-state index contributed by atoms with van der Waals surface area (Å²) in [6.07, 6.45) is -1.81. The molecule has 0 spiro atoms. The number of nitrogens with one attached hydrogen (secondary N) is 1. The van der Waals surface area contributed by atoms with Gasteiger partial charge < -0.3 is 9.88 Å². The van der Waals surface area contributed by atoms with Crippen molar-refractivity contribution >= 4 is 16.8 Å². The van der Waals surface area contributed by atoms with Gasteiger partial charge in [-0.15, -0.1) is 0 Å². The summed E-state index contributed by atoms with van der Waals surface area (Å²) in [6.45, 7) is 0.443. The van der Waals surface area contributed by atoms with Crippen LogP contribution in [0.5, 0.6) is 0 Å². The highest BCUT2D eigenvalue weighted by Crippen LogP contribution is 2.37. The van der Waals surface area contributed by atoms with E-state index in [1.54, 1.807) is 6.07 Å². The third-order valence-electron chi connectivity index (χ3n) is 7.47. The van der Waals surface area contributed by atoms with E-state index in [0.717, 1.165) is 22.5 Å². The molecule has 1 amide bonds. The first-order valence-electron chi connectivity index (χ1n) is 13.4. The minimum Gasteiger partial charge on any atom is -0.356 e. The highest BCUT2D eigenvalue weighted by molar-refractivity contribution is 5.86. The number of aromatic nitrogens is 1. The second-order valence-electron chi connectivity index (χ2n) is 10.1. The predicted molar refractivity (Wildman–Crippen MR) is 153 cm³/mol. The van der Waals surface area contributed by atoms with Crippen LogP contribution in [0.4, 0.5) is 13.2 Å². The van der Waals surface area contributed by atoms with Crippen LogP contribution < -0.4 is 5.32 Å². The first kappa shape index (κ1) is 27.3. The second-order valence-corrected chi connectivity index (χ2v) is 10.1.